The van der Waals surface area contributed by atoms with E-state index in [1.807, 2.05) is 88.4 Å². The predicted molar refractivity (Wildman–Crippen MR) is 115 cm³/mol. The van der Waals surface area contributed by atoms with Gasteiger partial charge in [-0.3, -0.25) is 0 Å². The smallest absolute Gasteiger partial charge is 0.242 e. The highest BCUT2D eigenvalue weighted by molar-refractivity contribution is 5.65. The summed E-state index contributed by atoms with van der Waals surface area (Å²) in [5.74, 6) is 2.40. The molecule has 0 atom stereocenters. The molecule has 2 aromatic heterocycles. The molecule has 0 aliphatic carbocycles. The maximum atomic E-state index is 5.89. The van der Waals surface area contributed by atoms with Crippen LogP contribution in [0.4, 0.5) is 0 Å². The van der Waals surface area contributed by atoms with E-state index in [4.69, 9.17) is 9.47 Å². The number of nitrogens with zero attached hydrogens (tertiary/aromatic N) is 4. The topological polar surface area (TPSA) is 70.0 Å². The molecule has 0 spiro atoms. The Bertz CT molecular complexity index is 1080. The molecule has 0 amide bonds. The fraction of sp³-hybridized carbons (Fsp3) is 0.167. The minimum Gasteiger partial charge on any atom is -0.437 e. The fourth-order valence-corrected chi connectivity index (χ4v) is 3.01. The van der Waals surface area contributed by atoms with Crippen molar-refractivity contribution >= 4 is 0 Å². The second kappa shape index (κ2) is 8.29. The largest absolute Gasteiger partial charge is 0.437 e. The molecule has 4 rings (SSSR count). The van der Waals surface area contributed by atoms with Gasteiger partial charge in [-0.25, -0.2) is 0 Å². The van der Waals surface area contributed by atoms with Crippen molar-refractivity contribution < 1.29 is 9.47 Å². The molecular formula is C24H22N4O2. The molecule has 0 saturated carbocycles. The Morgan fingerprint density at radius 1 is 0.467 bits per heavy atom. The third-order valence-corrected chi connectivity index (χ3v) is 5.10. The van der Waals surface area contributed by atoms with Crippen molar-refractivity contribution in [1.82, 2.24) is 20.4 Å². The van der Waals surface area contributed by atoms with Crippen LogP contribution in [0.2, 0.25) is 0 Å². The highest BCUT2D eigenvalue weighted by atomic mass is 16.5. The van der Waals surface area contributed by atoms with E-state index >= 15 is 0 Å². The van der Waals surface area contributed by atoms with Crippen molar-refractivity contribution in [1.29, 1.82) is 0 Å². The van der Waals surface area contributed by atoms with E-state index in [-0.39, 0.29) is 0 Å². The first-order valence-electron chi connectivity index (χ1n) is 9.68. The number of aromatic nitrogens is 4. The SMILES string of the molecule is Cc1c(Oc2ccccc2)nnc(-c2nnc(Oc3ccccc3)c(C)c2C)c1C. The van der Waals surface area contributed by atoms with Crippen LogP contribution in [-0.4, -0.2) is 20.4 Å². The third-order valence-electron chi connectivity index (χ3n) is 5.10. The lowest BCUT2D eigenvalue weighted by Crippen LogP contribution is -2.05. The van der Waals surface area contributed by atoms with E-state index in [1.165, 1.54) is 0 Å². The van der Waals surface area contributed by atoms with Gasteiger partial charge in [-0.15, -0.1) is 20.4 Å². The number of benzene rings is 2. The highest BCUT2D eigenvalue weighted by Crippen LogP contribution is 2.33. The molecule has 150 valence electrons. The first-order valence-corrected chi connectivity index (χ1v) is 9.68. The van der Waals surface area contributed by atoms with Gasteiger partial charge in [0.25, 0.3) is 0 Å². The van der Waals surface area contributed by atoms with Crippen LogP contribution in [-0.2, 0) is 0 Å². The van der Waals surface area contributed by atoms with Crippen molar-refractivity contribution in [3.8, 4) is 34.6 Å². The zero-order valence-corrected chi connectivity index (χ0v) is 17.4. The van der Waals surface area contributed by atoms with E-state index in [0.717, 1.165) is 33.8 Å². The van der Waals surface area contributed by atoms with Gasteiger partial charge >= 0.3 is 0 Å². The Hall–Kier alpha value is -3.80. The Morgan fingerprint density at radius 2 is 0.833 bits per heavy atom. The monoisotopic (exact) mass is 398 g/mol. The molecule has 0 radical (unpaired) electrons. The Balaban J connectivity index is 1.67. The van der Waals surface area contributed by atoms with Gasteiger partial charge in [0, 0.05) is 11.1 Å². The second-order valence-electron chi connectivity index (χ2n) is 7.04. The van der Waals surface area contributed by atoms with Crippen molar-refractivity contribution in [3.63, 3.8) is 0 Å². The number of para-hydroxylation sites is 2. The maximum Gasteiger partial charge on any atom is 0.242 e. The minimum atomic E-state index is 0.480. The van der Waals surface area contributed by atoms with Crippen LogP contribution in [0.3, 0.4) is 0 Å². The molecule has 0 unspecified atom stereocenters. The Morgan fingerprint density at radius 3 is 1.20 bits per heavy atom. The van der Waals surface area contributed by atoms with Crippen molar-refractivity contribution in [2.75, 3.05) is 0 Å². The van der Waals surface area contributed by atoms with Gasteiger partial charge in [-0.1, -0.05) is 36.4 Å². The molecule has 0 N–H and O–H groups in total. The van der Waals surface area contributed by atoms with Crippen molar-refractivity contribution in [2.24, 2.45) is 0 Å². The standard InChI is InChI=1S/C24H22N4O2/c1-15-17(3)23(29-19-11-7-5-8-12-19)27-25-21(15)22-16(2)18(4)24(28-26-22)30-20-13-9-6-10-14-20/h5-14H,1-4H3. The molecule has 6 nitrogen and oxygen atoms in total. The maximum absolute atomic E-state index is 5.89. The van der Waals surface area contributed by atoms with Crippen LogP contribution < -0.4 is 9.47 Å². The molecule has 0 fully saturated rings. The molecule has 30 heavy (non-hydrogen) atoms. The summed E-state index contributed by atoms with van der Waals surface area (Å²) < 4.78 is 11.8. The van der Waals surface area contributed by atoms with Crippen LogP contribution in [0.25, 0.3) is 11.4 Å². The van der Waals surface area contributed by atoms with Gasteiger partial charge < -0.3 is 9.47 Å². The fourth-order valence-electron chi connectivity index (χ4n) is 3.01. The lowest BCUT2D eigenvalue weighted by Gasteiger charge is -2.14. The van der Waals surface area contributed by atoms with Gasteiger partial charge in [0.1, 0.15) is 22.9 Å². The molecule has 0 saturated heterocycles. The summed E-state index contributed by atoms with van der Waals surface area (Å²) in [6.45, 7) is 7.91. The van der Waals surface area contributed by atoms with E-state index in [9.17, 15) is 0 Å². The zero-order chi connectivity index (χ0) is 21.1. The lowest BCUT2D eigenvalue weighted by molar-refractivity contribution is 0.448. The van der Waals surface area contributed by atoms with E-state index < -0.39 is 0 Å². The van der Waals surface area contributed by atoms with Gasteiger partial charge in [-0.2, -0.15) is 0 Å². The van der Waals surface area contributed by atoms with Gasteiger partial charge in [-0.05, 0) is 63.1 Å². The third kappa shape index (κ3) is 3.85. The van der Waals surface area contributed by atoms with Crippen LogP contribution in [0.1, 0.15) is 22.3 Å². The van der Waals surface area contributed by atoms with E-state index in [0.29, 0.717) is 23.1 Å². The number of hydrogen-bond acceptors (Lipinski definition) is 6. The number of rotatable bonds is 5. The first kappa shape index (κ1) is 19.5. The van der Waals surface area contributed by atoms with Crippen molar-refractivity contribution in [2.45, 2.75) is 27.7 Å². The average Bonchev–Trinajstić information content (AvgIpc) is 2.77. The number of hydrogen-bond donors (Lipinski definition) is 0. The normalized spacial score (nSPS) is 10.7. The summed E-state index contributed by atoms with van der Waals surface area (Å²) in [6.07, 6.45) is 0. The molecule has 0 bridgehead atoms. The molecule has 2 aromatic carbocycles. The van der Waals surface area contributed by atoms with Gasteiger partial charge in [0.15, 0.2) is 0 Å². The van der Waals surface area contributed by atoms with Crippen LogP contribution in [0.5, 0.6) is 23.3 Å². The van der Waals surface area contributed by atoms with Crippen LogP contribution in [0, 0.1) is 27.7 Å². The summed E-state index contributed by atoms with van der Waals surface area (Å²) in [5, 5.41) is 17.4. The second-order valence-corrected chi connectivity index (χ2v) is 7.04. The van der Waals surface area contributed by atoms with Gasteiger partial charge in [0.05, 0.1) is 0 Å². The molecule has 0 aliphatic heterocycles. The summed E-state index contributed by atoms with van der Waals surface area (Å²) in [6, 6.07) is 19.1. The summed E-state index contributed by atoms with van der Waals surface area (Å²) >= 11 is 0. The average molecular weight is 398 g/mol. The van der Waals surface area contributed by atoms with Gasteiger partial charge in [0.2, 0.25) is 11.8 Å². The van der Waals surface area contributed by atoms with E-state index in [1.54, 1.807) is 0 Å². The van der Waals surface area contributed by atoms with Crippen LogP contribution >= 0.6 is 0 Å². The first-order chi connectivity index (χ1) is 14.5. The summed E-state index contributed by atoms with van der Waals surface area (Å²) in [7, 11) is 0. The molecule has 6 heteroatoms. The Labute approximate surface area is 175 Å². The predicted octanol–water partition coefficient (Wildman–Crippen LogP) is 5.75. The summed E-state index contributed by atoms with van der Waals surface area (Å²) in [4.78, 5) is 0. The number of ether oxygens (including phenoxy) is 2. The molecule has 0 aliphatic rings. The van der Waals surface area contributed by atoms with Crippen LogP contribution in [0.15, 0.2) is 60.7 Å². The molecule has 2 heterocycles. The van der Waals surface area contributed by atoms with Crippen molar-refractivity contribution in [3.05, 3.63) is 82.9 Å². The molecular weight excluding hydrogens is 376 g/mol. The molecule has 4 aromatic rings. The minimum absolute atomic E-state index is 0.480. The quantitative estimate of drug-likeness (QED) is 0.426. The Kier molecular flexibility index (Phi) is 5.39. The zero-order valence-electron chi connectivity index (χ0n) is 17.4. The lowest BCUT2D eigenvalue weighted by atomic mass is 10.0. The van der Waals surface area contributed by atoms with E-state index in [2.05, 4.69) is 20.4 Å². The summed E-state index contributed by atoms with van der Waals surface area (Å²) in [5.41, 5.74) is 5.09. The highest BCUT2D eigenvalue weighted by Gasteiger charge is 2.19.